The minimum absolute atomic E-state index is 0.0498. The Bertz CT molecular complexity index is 663. The van der Waals surface area contributed by atoms with Gasteiger partial charge < -0.3 is 15.8 Å². The lowest BCUT2D eigenvalue weighted by atomic mass is 10.1. The molecule has 1 atom stereocenters. The van der Waals surface area contributed by atoms with E-state index < -0.39 is 0 Å². The van der Waals surface area contributed by atoms with Crippen LogP contribution in [-0.4, -0.2) is 18.6 Å². The summed E-state index contributed by atoms with van der Waals surface area (Å²) in [5, 5.41) is 3.12. The van der Waals surface area contributed by atoms with Crippen LogP contribution < -0.4 is 15.8 Å². The van der Waals surface area contributed by atoms with E-state index in [0.717, 1.165) is 12.2 Å². The highest BCUT2D eigenvalue weighted by Gasteiger charge is 2.23. The molecule has 1 unspecified atom stereocenters. The molecule has 0 radical (unpaired) electrons. The van der Waals surface area contributed by atoms with E-state index in [1.165, 1.54) is 5.56 Å². The Morgan fingerprint density at radius 1 is 1.29 bits per heavy atom. The third kappa shape index (κ3) is 2.81. The molecule has 1 aliphatic heterocycles. The molecule has 0 saturated heterocycles. The van der Waals surface area contributed by atoms with Crippen molar-refractivity contribution in [2.75, 3.05) is 12.3 Å². The van der Waals surface area contributed by atoms with Crippen molar-refractivity contribution < 1.29 is 9.53 Å². The van der Waals surface area contributed by atoms with E-state index in [-0.39, 0.29) is 17.0 Å². The number of benzene rings is 2. The van der Waals surface area contributed by atoms with Crippen LogP contribution >= 0.6 is 11.6 Å². The number of nitrogen functional groups attached to an aromatic ring is 1. The first-order valence-electron chi connectivity index (χ1n) is 6.72. The number of hydrogen-bond donors (Lipinski definition) is 2. The molecule has 0 aromatic heterocycles. The van der Waals surface area contributed by atoms with Gasteiger partial charge in [-0.3, -0.25) is 4.79 Å². The molecule has 21 heavy (non-hydrogen) atoms. The summed E-state index contributed by atoms with van der Waals surface area (Å²) in [6.07, 6.45) is 0.743. The molecule has 0 spiro atoms. The number of carbonyl (C=O) groups excluding carboxylic acids is 1. The van der Waals surface area contributed by atoms with Gasteiger partial charge in [0.05, 0.1) is 22.8 Å². The average Bonchev–Trinajstić information content (AvgIpc) is 2.90. The van der Waals surface area contributed by atoms with Crippen LogP contribution in [0.3, 0.4) is 0 Å². The maximum Gasteiger partial charge on any atom is 0.253 e. The fourth-order valence-corrected chi connectivity index (χ4v) is 2.61. The van der Waals surface area contributed by atoms with Gasteiger partial charge in [-0.25, -0.2) is 0 Å². The second-order valence-corrected chi connectivity index (χ2v) is 5.35. The molecule has 5 heteroatoms. The van der Waals surface area contributed by atoms with E-state index in [4.69, 9.17) is 22.1 Å². The highest BCUT2D eigenvalue weighted by Crippen LogP contribution is 2.28. The van der Waals surface area contributed by atoms with Crippen molar-refractivity contribution in [1.29, 1.82) is 0 Å². The molecular formula is C16H15ClN2O2. The highest BCUT2D eigenvalue weighted by atomic mass is 35.5. The number of ether oxygens (including phenoxy) is 1. The number of hydrogen-bond acceptors (Lipinski definition) is 3. The van der Waals surface area contributed by atoms with Crippen LogP contribution in [-0.2, 0) is 6.42 Å². The summed E-state index contributed by atoms with van der Waals surface area (Å²) in [7, 11) is 0. The second-order valence-electron chi connectivity index (χ2n) is 4.97. The quantitative estimate of drug-likeness (QED) is 0.857. The summed E-state index contributed by atoms with van der Waals surface area (Å²) in [5.74, 6) is 0.644. The number of halogens is 1. The summed E-state index contributed by atoms with van der Waals surface area (Å²) >= 11 is 6.04. The van der Waals surface area contributed by atoms with Gasteiger partial charge in [0.2, 0.25) is 0 Å². The van der Waals surface area contributed by atoms with Gasteiger partial charge in [0.25, 0.3) is 5.91 Å². The number of rotatable bonds is 3. The smallest absolute Gasteiger partial charge is 0.253 e. The average molecular weight is 303 g/mol. The molecule has 0 saturated carbocycles. The van der Waals surface area contributed by atoms with Gasteiger partial charge in [-0.15, -0.1) is 0 Å². The molecule has 1 aliphatic rings. The molecule has 108 valence electrons. The molecule has 4 nitrogen and oxygen atoms in total. The zero-order chi connectivity index (χ0) is 14.8. The lowest BCUT2D eigenvalue weighted by Gasteiger charge is -2.13. The number of fused-ring (bicyclic) bond motifs is 1. The van der Waals surface area contributed by atoms with Gasteiger partial charge in [-0.05, 0) is 23.8 Å². The summed E-state index contributed by atoms with van der Waals surface area (Å²) < 4.78 is 5.77. The first kappa shape index (κ1) is 13.8. The largest absolute Gasteiger partial charge is 0.488 e. The van der Waals surface area contributed by atoms with E-state index in [2.05, 4.69) is 5.32 Å². The Labute approximate surface area is 127 Å². The molecule has 0 fully saturated rings. The molecule has 2 aromatic carbocycles. The van der Waals surface area contributed by atoms with Gasteiger partial charge in [-0.2, -0.15) is 0 Å². The Balaban J connectivity index is 1.62. The predicted octanol–water partition coefficient (Wildman–Crippen LogP) is 2.66. The maximum absolute atomic E-state index is 12.1. The molecule has 0 aliphatic carbocycles. The molecule has 0 bridgehead atoms. The van der Waals surface area contributed by atoms with E-state index in [9.17, 15) is 4.79 Å². The summed E-state index contributed by atoms with van der Waals surface area (Å²) in [6, 6.07) is 12.9. The number of anilines is 1. The van der Waals surface area contributed by atoms with Crippen LogP contribution in [0, 0.1) is 0 Å². The van der Waals surface area contributed by atoms with Gasteiger partial charge >= 0.3 is 0 Å². The topological polar surface area (TPSA) is 64.4 Å². The van der Waals surface area contributed by atoms with Gasteiger partial charge in [-0.1, -0.05) is 35.9 Å². The van der Waals surface area contributed by atoms with Crippen LogP contribution in [0.4, 0.5) is 5.69 Å². The summed E-state index contributed by atoms with van der Waals surface area (Å²) in [5.41, 5.74) is 7.64. The molecule has 3 rings (SSSR count). The van der Waals surface area contributed by atoms with Crippen molar-refractivity contribution in [3.63, 3.8) is 0 Å². The van der Waals surface area contributed by atoms with Crippen molar-refractivity contribution in [3.8, 4) is 5.75 Å². The summed E-state index contributed by atoms with van der Waals surface area (Å²) in [4.78, 5) is 12.1. The Kier molecular flexibility index (Phi) is 3.71. The van der Waals surface area contributed by atoms with E-state index in [1.807, 2.05) is 24.3 Å². The third-order valence-electron chi connectivity index (χ3n) is 3.48. The number of nitrogens with two attached hydrogens (primary N) is 1. The van der Waals surface area contributed by atoms with Crippen LogP contribution in [0.2, 0.25) is 5.02 Å². The minimum Gasteiger partial charge on any atom is -0.488 e. The Morgan fingerprint density at radius 3 is 2.90 bits per heavy atom. The zero-order valence-corrected chi connectivity index (χ0v) is 12.1. The van der Waals surface area contributed by atoms with Crippen molar-refractivity contribution in [2.45, 2.75) is 12.5 Å². The number of carbonyl (C=O) groups is 1. The van der Waals surface area contributed by atoms with Gasteiger partial charge in [0.15, 0.2) is 0 Å². The zero-order valence-electron chi connectivity index (χ0n) is 11.3. The normalized spacial score (nSPS) is 16.1. The van der Waals surface area contributed by atoms with E-state index >= 15 is 0 Å². The SMILES string of the molecule is Nc1cccc(C(=O)NCC2Cc3ccccc3O2)c1Cl. The number of nitrogens with one attached hydrogen (secondary N) is 1. The van der Waals surface area contributed by atoms with Crippen LogP contribution in [0.15, 0.2) is 42.5 Å². The molecule has 2 aromatic rings. The van der Waals surface area contributed by atoms with Crippen molar-refractivity contribution in [3.05, 3.63) is 58.6 Å². The second kappa shape index (κ2) is 5.66. The first-order valence-corrected chi connectivity index (χ1v) is 7.09. The Hall–Kier alpha value is -2.20. The molecule has 1 heterocycles. The lowest BCUT2D eigenvalue weighted by molar-refractivity contribution is 0.0933. The molecular weight excluding hydrogens is 288 g/mol. The van der Waals surface area contributed by atoms with Crippen molar-refractivity contribution in [2.24, 2.45) is 0 Å². The number of para-hydroxylation sites is 1. The van der Waals surface area contributed by atoms with Crippen LogP contribution in [0.1, 0.15) is 15.9 Å². The predicted molar refractivity (Wildman–Crippen MR) is 82.8 cm³/mol. The first-order chi connectivity index (χ1) is 10.1. The van der Waals surface area contributed by atoms with Crippen LogP contribution in [0.25, 0.3) is 0 Å². The fourth-order valence-electron chi connectivity index (χ4n) is 2.39. The standard InChI is InChI=1S/C16H15ClN2O2/c17-15-12(5-3-6-13(15)18)16(20)19-9-11-8-10-4-1-2-7-14(10)21-11/h1-7,11H,8-9,18H2,(H,19,20). The van der Waals surface area contributed by atoms with E-state index in [0.29, 0.717) is 17.8 Å². The lowest BCUT2D eigenvalue weighted by Crippen LogP contribution is -2.34. The van der Waals surface area contributed by atoms with Crippen molar-refractivity contribution in [1.82, 2.24) is 5.32 Å². The van der Waals surface area contributed by atoms with E-state index in [1.54, 1.807) is 18.2 Å². The number of amides is 1. The van der Waals surface area contributed by atoms with Crippen LogP contribution in [0.5, 0.6) is 5.75 Å². The third-order valence-corrected chi connectivity index (χ3v) is 3.90. The monoisotopic (exact) mass is 302 g/mol. The summed E-state index contributed by atoms with van der Waals surface area (Å²) in [6.45, 7) is 0.429. The molecule has 3 N–H and O–H groups in total. The minimum atomic E-state index is -0.244. The van der Waals surface area contributed by atoms with Gasteiger partial charge in [0, 0.05) is 6.42 Å². The highest BCUT2D eigenvalue weighted by molar-refractivity contribution is 6.36. The Morgan fingerprint density at radius 2 is 2.10 bits per heavy atom. The van der Waals surface area contributed by atoms with Crippen molar-refractivity contribution >= 4 is 23.2 Å². The maximum atomic E-state index is 12.1. The van der Waals surface area contributed by atoms with Gasteiger partial charge in [0.1, 0.15) is 11.9 Å². The molecule has 1 amide bonds. The fraction of sp³-hybridized carbons (Fsp3) is 0.188.